The van der Waals surface area contributed by atoms with Gasteiger partial charge < -0.3 is 44.4 Å². The smallest absolute Gasteiger partial charge is 0.185 e. The SMILES string of the molecule is CN1CCN(c2c(F)c(F)c(-c3c4nc(c5ccc([nH]5)c(-c5c(F)c(F)c(N6CCN(C)CC6)c(F)c5F)c5ccc([nH]5)c(-c5c(F)c(F)c(N6CCN(C)CC6)c(F)c5F)c5ccc3[nH]5)C=C4)c(F)c2F)CC1. The summed E-state index contributed by atoms with van der Waals surface area (Å²) in [6, 6.07) is 7.10. The summed E-state index contributed by atoms with van der Waals surface area (Å²) in [6.45, 7) is 1.96. The highest BCUT2D eigenvalue weighted by Gasteiger charge is 2.36. The lowest BCUT2D eigenvalue weighted by atomic mass is 10.0. The molecule has 0 atom stereocenters. The summed E-state index contributed by atoms with van der Waals surface area (Å²) in [7, 11) is 5.29. The zero-order valence-electron chi connectivity index (χ0n) is 39.8. The van der Waals surface area contributed by atoms with Crippen LogP contribution in [0.3, 0.4) is 0 Å². The summed E-state index contributed by atoms with van der Waals surface area (Å²) in [5.41, 5.74) is -10.7. The molecule has 11 rings (SSSR count). The molecule has 74 heavy (non-hydrogen) atoms. The first-order valence-corrected chi connectivity index (χ1v) is 23.7. The van der Waals surface area contributed by atoms with E-state index in [1.807, 2.05) is 14.7 Å². The van der Waals surface area contributed by atoms with Crippen molar-refractivity contribution in [3.05, 3.63) is 118 Å². The van der Waals surface area contributed by atoms with Gasteiger partial charge in [0.1, 0.15) is 17.1 Å². The molecule has 0 radical (unpaired) electrons. The first kappa shape index (κ1) is 49.1. The summed E-state index contributed by atoms with van der Waals surface area (Å²) in [5.74, 6) is -21.5. The van der Waals surface area contributed by atoms with E-state index >= 15 is 52.7 Å². The average molecular weight is 1040 g/mol. The van der Waals surface area contributed by atoms with Crippen molar-refractivity contribution in [2.24, 2.45) is 0 Å². The van der Waals surface area contributed by atoms with Crippen LogP contribution in [0.5, 0.6) is 0 Å². The first-order chi connectivity index (χ1) is 35.4. The molecule has 386 valence electrons. The van der Waals surface area contributed by atoms with Gasteiger partial charge in [0.2, 0.25) is 0 Å². The highest BCUT2D eigenvalue weighted by molar-refractivity contribution is 6.01. The Morgan fingerprint density at radius 1 is 0.297 bits per heavy atom. The number of aromatic nitrogens is 4. The predicted molar refractivity (Wildman–Crippen MR) is 260 cm³/mol. The van der Waals surface area contributed by atoms with Gasteiger partial charge in [-0.05, 0) is 69.7 Å². The number of nitrogens with one attached hydrogen (secondary N) is 3. The number of hydrogen-bond donors (Lipinski definition) is 3. The molecule has 3 N–H and O–H groups in total. The van der Waals surface area contributed by atoms with Crippen LogP contribution in [-0.2, 0) is 0 Å². The van der Waals surface area contributed by atoms with Crippen LogP contribution in [0.25, 0.3) is 78.6 Å². The fourth-order valence-electron chi connectivity index (χ4n) is 10.4. The van der Waals surface area contributed by atoms with Crippen molar-refractivity contribution in [3.8, 4) is 33.4 Å². The van der Waals surface area contributed by atoms with Gasteiger partial charge in [0.05, 0.1) is 33.6 Å². The minimum absolute atomic E-state index is 0.0103. The maximum Gasteiger partial charge on any atom is 0.185 e. The normalized spacial score (nSPS) is 16.7. The number of halogens is 12. The van der Waals surface area contributed by atoms with Gasteiger partial charge in [-0.15, -0.1) is 0 Å². The number of anilines is 3. The Kier molecular flexibility index (Phi) is 12.4. The fourth-order valence-corrected chi connectivity index (χ4v) is 10.4. The summed E-state index contributed by atoms with van der Waals surface area (Å²) in [4.78, 5) is 22.1. The second kappa shape index (κ2) is 18.6. The van der Waals surface area contributed by atoms with E-state index in [0.29, 0.717) is 39.3 Å². The molecular formula is C52H44F12N10. The van der Waals surface area contributed by atoms with Crippen molar-refractivity contribution < 1.29 is 52.7 Å². The molecule has 0 aliphatic carbocycles. The van der Waals surface area contributed by atoms with E-state index in [0.717, 1.165) is 29.2 Å². The molecule has 4 aliphatic rings. The van der Waals surface area contributed by atoms with Crippen LogP contribution in [0.15, 0.2) is 36.4 Å². The summed E-state index contributed by atoms with van der Waals surface area (Å²) < 4.78 is 200. The van der Waals surface area contributed by atoms with Crippen LogP contribution in [0.1, 0.15) is 11.4 Å². The minimum atomic E-state index is -1.90. The van der Waals surface area contributed by atoms with Crippen LogP contribution in [-0.4, -0.2) is 134 Å². The summed E-state index contributed by atoms with van der Waals surface area (Å²) >= 11 is 0. The van der Waals surface area contributed by atoms with Crippen LogP contribution in [0.2, 0.25) is 0 Å². The summed E-state index contributed by atoms with van der Waals surface area (Å²) in [5, 5.41) is 0. The van der Waals surface area contributed by atoms with Gasteiger partial charge in [0, 0.05) is 123 Å². The monoisotopic (exact) mass is 1040 g/mol. The highest BCUT2D eigenvalue weighted by Crippen LogP contribution is 2.45. The average Bonchev–Trinajstić information content (AvgIpc) is 4.25. The molecule has 10 nitrogen and oxygen atoms in total. The zero-order valence-corrected chi connectivity index (χ0v) is 39.8. The van der Waals surface area contributed by atoms with Gasteiger partial charge >= 0.3 is 0 Å². The zero-order chi connectivity index (χ0) is 52.2. The molecule has 8 bridgehead atoms. The summed E-state index contributed by atoms with van der Waals surface area (Å²) in [6.07, 6.45) is 2.56. The molecule has 3 aromatic carbocycles. The number of piperazine rings is 3. The molecule has 4 aliphatic heterocycles. The molecule has 4 aromatic heterocycles. The molecule has 0 spiro atoms. The predicted octanol–water partition coefficient (Wildman–Crippen LogP) is 10.6. The molecule has 0 saturated carbocycles. The Labute approximate surface area is 414 Å². The minimum Gasteiger partial charge on any atom is -0.364 e. The van der Waals surface area contributed by atoms with Crippen molar-refractivity contribution >= 4 is 62.3 Å². The molecule has 0 unspecified atom stereocenters. The second-order valence-electron chi connectivity index (χ2n) is 19.0. The molecule has 7 aromatic rings. The quantitative estimate of drug-likeness (QED) is 0.113. The van der Waals surface area contributed by atoms with Gasteiger partial charge in [0.25, 0.3) is 0 Å². The maximum absolute atomic E-state index is 17.0. The van der Waals surface area contributed by atoms with Crippen molar-refractivity contribution in [2.75, 3.05) is 114 Å². The van der Waals surface area contributed by atoms with Crippen LogP contribution < -0.4 is 14.7 Å². The van der Waals surface area contributed by atoms with Crippen LogP contribution in [0.4, 0.5) is 69.7 Å². The van der Waals surface area contributed by atoms with Gasteiger partial charge in [-0.25, -0.2) is 57.7 Å². The number of rotatable bonds is 6. The number of H-pyrrole nitrogens is 3. The van der Waals surface area contributed by atoms with Crippen LogP contribution in [0, 0.1) is 69.8 Å². The number of nitrogens with zero attached hydrogens (tertiary/aromatic N) is 7. The molecule has 22 heteroatoms. The third-order valence-electron chi connectivity index (χ3n) is 14.5. The van der Waals surface area contributed by atoms with Gasteiger partial charge in [-0.3, -0.25) is 0 Å². The van der Waals surface area contributed by atoms with Gasteiger partial charge in [-0.2, -0.15) is 0 Å². The fraction of sp³-hybridized carbons (Fsp3) is 0.288. The van der Waals surface area contributed by atoms with E-state index in [-0.39, 0.29) is 72.7 Å². The third kappa shape index (κ3) is 7.90. The van der Waals surface area contributed by atoms with Crippen molar-refractivity contribution in [1.29, 1.82) is 0 Å². The van der Waals surface area contributed by atoms with E-state index in [9.17, 15) is 0 Å². The van der Waals surface area contributed by atoms with Gasteiger partial charge in [-0.1, -0.05) is 0 Å². The van der Waals surface area contributed by atoms with Gasteiger partial charge in [0.15, 0.2) is 69.8 Å². The van der Waals surface area contributed by atoms with Crippen molar-refractivity contribution in [2.45, 2.75) is 0 Å². The molecular weight excluding hydrogens is 993 g/mol. The van der Waals surface area contributed by atoms with E-state index in [4.69, 9.17) is 0 Å². The Bertz CT molecular complexity index is 3510. The number of fused-ring (bicyclic) bond motifs is 9. The van der Waals surface area contributed by atoms with E-state index in [1.165, 1.54) is 34.1 Å². The second-order valence-corrected chi connectivity index (χ2v) is 19.0. The standard InChI is InChI=1S/C52H44F12N10/c1-69-12-18-72(19-13-69)50-44(59)38(53)35(39(54)45(50)60)32-26-6-4-24(65-26)25-5-7-27(66-25)33(36-40(55)46(61)51(47(62)41(36)56)73-20-14-70(2)15-21-73)29-9-11-31(68-29)34(30-10-8-28(32)67-30)37-42(57)48(63)52(49(64)43(37)58)74-22-16-71(3)17-23-74/h4-11,65,67-68H,12-23H2,1-3H3. The first-order valence-electron chi connectivity index (χ1n) is 23.7. The molecule has 3 saturated heterocycles. The maximum atomic E-state index is 17.0. The van der Waals surface area contributed by atoms with E-state index < -0.39 is 131 Å². The Morgan fingerprint density at radius 2 is 0.541 bits per heavy atom. The topological polar surface area (TPSA) is 79.7 Å². The van der Waals surface area contributed by atoms with Crippen molar-refractivity contribution in [1.82, 2.24) is 34.6 Å². The molecule has 3 fully saturated rings. The Morgan fingerprint density at radius 3 is 0.851 bits per heavy atom. The highest BCUT2D eigenvalue weighted by atomic mass is 19.2. The molecule has 0 amide bonds. The van der Waals surface area contributed by atoms with Crippen LogP contribution >= 0.6 is 0 Å². The number of hydrogen-bond acceptors (Lipinski definition) is 7. The lowest BCUT2D eigenvalue weighted by Crippen LogP contribution is -2.45. The Hall–Kier alpha value is -7.17. The largest absolute Gasteiger partial charge is 0.364 e. The number of likely N-dealkylation sites (N-methyl/N-ethyl adjacent to an activating group) is 3. The van der Waals surface area contributed by atoms with Crippen molar-refractivity contribution in [3.63, 3.8) is 0 Å². The molecule has 8 heterocycles. The number of aromatic amines is 3. The Balaban J connectivity index is 1.24. The lowest BCUT2D eigenvalue weighted by molar-refractivity contribution is 0.309. The lowest BCUT2D eigenvalue weighted by Gasteiger charge is -2.34. The van der Waals surface area contributed by atoms with E-state index in [2.05, 4.69) is 19.9 Å². The third-order valence-corrected chi connectivity index (χ3v) is 14.5. The number of benzene rings is 3. The van der Waals surface area contributed by atoms with E-state index in [1.54, 1.807) is 21.1 Å².